The molecule has 0 unspecified atom stereocenters. The molecule has 5 N–H and O–H groups in total. The van der Waals surface area contributed by atoms with E-state index in [1.165, 1.54) is 6.08 Å². The van der Waals surface area contributed by atoms with E-state index >= 15 is 0 Å². The zero-order chi connectivity index (χ0) is 34.5. The number of ether oxygens (including phenoxy) is 1. The summed E-state index contributed by atoms with van der Waals surface area (Å²) in [6.07, 6.45) is 7.92. The third kappa shape index (κ3) is 7.91. The van der Waals surface area contributed by atoms with Gasteiger partial charge in [-0.1, -0.05) is 18.7 Å². The number of piperidine rings is 1. The number of fused-ring (bicyclic) bond motifs is 1. The molecule has 1 aliphatic heterocycles. The number of nitrogens with zero attached hydrogens (tertiary/aromatic N) is 4. The summed E-state index contributed by atoms with van der Waals surface area (Å²) in [6, 6.07) is 13.0. The minimum absolute atomic E-state index is 0.0415. The van der Waals surface area contributed by atoms with Crippen molar-refractivity contribution in [2.45, 2.75) is 31.7 Å². The summed E-state index contributed by atoms with van der Waals surface area (Å²) in [5, 5.41) is 16.5. The molecule has 4 heterocycles. The van der Waals surface area contributed by atoms with Gasteiger partial charge in [-0.15, -0.1) is 0 Å². The molecule has 49 heavy (non-hydrogen) atoms. The molecular weight excluding hydrogens is 648 g/mol. The highest BCUT2D eigenvalue weighted by molar-refractivity contribution is 7.88. The lowest BCUT2D eigenvalue weighted by Gasteiger charge is -2.35. The van der Waals surface area contributed by atoms with E-state index in [1.54, 1.807) is 31.7 Å². The number of sulfonamides is 1. The van der Waals surface area contributed by atoms with E-state index in [9.17, 15) is 18.3 Å². The Hall–Kier alpha value is -5.25. The number of aromatic nitrogens is 4. The number of imidazole rings is 1. The maximum Gasteiger partial charge on any atom is 0.247 e. The van der Waals surface area contributed by atoms with Crippen molar-refractivity contribution >= 4 is 49.9 Å². The van der Waals surface area contributed by atoms with Crippen LogP contribution in [0.25, 0.3) is 33.6 Å². The molecule has 5 aromatic rings. The molecule has 3 aromatic heterocycles. The SMILES string of the molecule is C=CC(=O)Nc1cc(Nc2nccc(-c3[nH]c(CCCO)nc3-c3ccc4ccoc4c3)n2)c(OC)cc1N1CCC(NS(C)(=O)=O)CC1. The van der Waals surface area contributed by atoms with Crippen molar-refractivity contribution < 1.29 is 27.5 Å². The summed E-state index contributed by atoms with van der Waals surface area (Å²) in [5.41, 5.74) is 5.25. The number of hydrogen-bond donors (Lipinski definition) is 5. The first-order valence-corrected chi connectivity index (χ1v) is 17.7. The number of aliphatic hydroxyl groups excluding tert-OH is 1. The van der Waals surface area contributed by atoms with Crippen molar-refractivity contribution in [2.75, 3.05) is 48.6 Å². The van der Waals surface area contributed by atoms with Gasteiger partial charge in [-0.05, 0) is 49.6 Å². The van der Waals surface area contributed by atoms with E-state index in [0.717, 1.165) is 28.5 Å². The summed E-state index contributed by atoms with van der Waals surface area (Å²) in [7, 11) is -1.77. The molecule has 0 spiro atoms. The number of methoxy groups -OCH3 is 1. The summed E-state index contributed by atoms with van der Waals surface area (Å²) in [4.78, 5) is 32.1. The Bertz CT molecular complexity index is 2090. The first-order chi connectivity index (χ1) is 23.6. The summed E-state index contributed by atoms with van der Waals surface area (Å²) >= 11 is 0. The number of rotatable bonds is 13. The monoisotopic (exact) mass is 686 g/mol. The fourth-order valence-corrected chi connectivity index (χ4v) is 6.73. The third-order valence-corrected chi connectivity index (χ3v) is 8.95. The highest BCUT2D eigenvalue weighted by Crippen LogP contribution is 2.40. The molecule has 0 aliphatic carbocycles. The quantitative estimate of drug-likeness (QED) is 0.109. The second-order valence-electron chi connectivity index (χ2n) is 11.7. The van der Waals surface area contributed by atoms with Crippen LogP contribution in [-0.4, -0.2) is 78.5 Å². The van der Waals surface area contributed by atoms with Gasteiger partial charge in [0.1, 0.15) is 17.2 Å². The van der Waals surface area contributed by atoms with Gasteiger partial charge in [0.2, 0.25) is 21.9 Å². The predicted molar refractivity (Wildman–Crippen MR) is 189 cm³/mol. The van der Waals surface area contributed by atoms with Gasteiger partial charge in [0, 0.05) is 55.4 Å². The van der Waals surface area contributed by atoms with Crippen LogP contribution in [0.15, 0.2) is 72.0 Å². The van der Waals surface area contributed by atoms with Crippen LogP contribution in [0.1, 0.15) is 25.1 Å². The molecule has 0 bridgehead atoms. The van der Waals surface area contributed by atoms with Crippen LogP contribution >= 0.6 is 0 Å². The zero-order valence-corrected chi connectivity index (χ0v) is 28.0. The number of aliphatic hydroxyl groups is 1. The third-order valence-electron chi connectivity index (χ3n) is 8.19. The lowest BCUT2D eigenvalue weighted by molar-refractivity contribution is -0.111. The van der Waals surface area contributed by atoms with E-state index in [1.807, 2.05) is 30.3 Å². The van der Waals surface area contributed by atoms with Gasteiger partial charge in [-0.25, -0.2) is 28.1 Å². The van der Waals surface area contributed by atoms with Crippen LogP contribution in [0.4, 0.5) is 23.0 Å². The van der Waals surface area contributed by atoms with Gasteiger partial charge in [-0.3, -0.25) is 4.79 Å². The van der Waals surface area contributed by atoms with E-state index in [2.05, 4.69) is 36.8 Å². The van der Waals surface area contributed by atoms with Crippen molar-refractivity contribution in [3.8, 4) is 28.4 Å². The normalized spacial score (nSPS) is 13.8. The molecule has 1 saturated heterocycles. The number of benzene rings is 2. The number of carbonyl (C=O) groups excluding carboxylic acids is 1. The van der Waals surface area contributed by atoms with Gasteiger partial charge < -0.3 is 34.8 Å². The molecule has 6 rings (SSSR count). The van der Waals surface area contributed by atoms with E-state index in [4.69, 9.17) is 19.1 Å². The zero-order valence-electron chi connectivity index (χ0n) is 27.2. The van der Waals surface area contributed by atoms with Gasteiger partial charge in [-0.2, -0.15) is 0 Å². The molecule has 2 aromatic carbocycles. The predicted octanol–water partition coefficient (Wildman–Crippen LogP) is 4.60. The first kappa shape index (κ1) is 33.6. The number of furan rings is 1. The Morgan fingerprint density at radius 1 is 1.16 bits per heavy atom. The maximum atomic E-state index is 12.5. The summed E-state index contributed by atoms with van der Waals surface area (Å²) < 4.78 is 37.6. The first-order valence-electron chi connectivity index (χ1n) is 15.8. The van der Waals surface area contributed by atoms with Crippen LogP contribution in [0, 0.1) is 0 Å². The number of H-pyrrole nitrogens is 1. The number of aryl methyl sites for hydroxylation is 1. The molecule has 14 nitrogen and oxygen atoms in total. The van der Waals surface area contributed by atoms with E-state index < -0.39 is 10.0 Å². The number of anilines is 4. The smallest absolute Gasteiger partial charge is 0.247 e. The summed E-state index contributed by atoms with van der Waals surface area (Å²) in [6.45, 7) is 4.75. The van der Waals surface area contributed by atoms with Crippen LogP contribution in [0.2, 0.25) is 0 Å². The fraction of sp³-hybridized carbons (Fsp3) is 0.294. The fourth-order valence-electron chi connectivity index (χ4n) is 5.88. The molecular formula is C34H38N8O6S. The number of amides is 1. The lowest BCUT2D eigenvalue weighted by Crippen LogP contribution is -2.44. The molecule has 15 heteroatoms. The van der Waals surface area contributed by atoms with Crippen molar-refractivity contribution in [3.63, 3.8) is 0 Å². The van der Waals surface area contributed by atoms with Crippen molar-refractivity contribution in [2.24, 2.45) is 0 Å². The Balaban J connectivity index is 1.32. The second kappa shape index (κ2) is 14.5. The number of aromatic amines is 1. The Morgan fingerprint density at radius 2 is 1.98 bits per heavy atom. The number of nitrogens with one attached hydrogen (secondary N) is 4. The molecule has 1 fully saturated rings. The van der Waals surface area contributed by atoms with Crippen LogP contribution < -0.4 is 25.0 Å². The lowest BCUT2D eigenvalue weighted by atomic mass is 10.0. The van der Waals surface area contributed by atoms with Gasteiger partial charge in [0.15, 0.2) is 0 Å². The number of carbonyl (C=O) groups is 1. The van der Waals surface area contributed by atoms with Crippen LogP contribution in [-0.2, 0) is 21.2 Å². The van der Waals surface area contributed by atoms with Crippen LogP contribution in [0.5, 0.6) is 5.75 Å². The maximum absolute atomic E-state index is 12.5. The minimum Gasteiger partial charge on any atom is -0.494 e. The van der Waals surface area contributed by atoms with E-state index in [0.29, 0.717) is 78.8 Å². The molecule has 1 amide bonds. The highest BCUT2D eigenvalue weighted by atomic mass is 32.2. The van der Waals surface area contributed by atoms with Gasteiger partial charge in [0.05, 0.1) is 53.8 Å². The largest absolute Gasteiger partial charge is 0.494 e. The standard InChI is InChI=1S/C34H38N8O6S/c1-4-31(44)36-25-19-26(29(47-2)20-27(25)42-14-10-23(11-15-42)41-49(3,45)46)38-34-35-13-9-24(37-34)33-32(39-30(40-33)6-5-16-43)22-8-7-21-12-17-48-28(21)18-22/h4,7-9,12-13,17-20,23,41,43H,1,5-6,10-11,14-16H2,2-3H3,(H,36,44)(H,39,40)(H,35,37,38). The van der Waals surface area contributed by atoms with Gasteiger partial charge >= 0.3 is 0 Å². The Kier molecular flexibility index (Phi) is 9.94. The van der Waals surface area contributed by atoms with E-state index in [-0.39, 0.29) is 24.5 Å². The van der Waals surface area contributed by atoms with Crippen molar-refractivity contribution in [1.29, 1.82) is 0 Å². The average molecular weight is 687 g/mol. The molecule has 0 saturated carbocycles. The summed E-state index contributed by atoms with van der Waals surface area (Å²) in [5.74, 6) is 1.08. The highest BCUT2D eigenvalue weighted by Gasteiger charge is 2.25. The van der Waals surface area contributed by atoms with Crippen molar-refractivity contribution in [1.82, 2.24) is 24.7 Å². The molecule has 0 atom stereocenters. The van der Waals surface area contributed by atoms with Crippen molar-refractivity contribution in [3.05, 3.63) is 73.4 Å². The number of hydrogen-bond acceptors (Lipinski definition) is 11. The minimum atomic E-state index is -3.32. The average Bonchev–Trinajstić information content (AvgIpc) is 3.74. The van der Waals surface area contributed by atoms with Gasteiger partial charge in [0.25, 0.3) is 0 Å². The topological polar surface area (TPSA) is 188 Å². The second-order valence-corrected chi connectivity index (χ2v) is 13.5. The Morgan fingerprint density at radius 3 is 2.71 bits per heavy atom. The molecule has 256 valence electrons. The Labute approximate surface area is 283 Å². The van der Waals surface area contributed by atoms with Crippen LogP contribution in [0.3, 0.4) is 0 Å². The molecule has 0 radical (unpaired) electrons. The molecule has 1 aliphatic rings.